The van der Waals surface area contributed by atoms with Gasteiger partial charge in [0.1, 0.15) is 18.8 Å². The maximum absolute atomic E-state index is 13.1. The summed E-state index contributed by atoms with van der Waals surface area (Å²) in [5.41, 5.74) is 0. The van der Waals surface area contributed by atoms with E-state index in [0.29, 0.717) is 25.7 Å². The molecule has 0 saturated carbocycles. The third-order valence-electron chi connectivity index (χ3n) is 11.7. The van der Waals surface area contributed by atoms with Gasteiger partial charge in [-0.1, -0.05) is 199 Å². The van der Waals surface area contributed by atoms with Crippen LogP contribution in [-0.2, 0) is 42.9 Å². The normalized spacial score (nSPS) is 19.2. The van der Waals surface area contributed by atoms with Crippen LogP contribution in [0.1, 0.15) is 188 Å². The lowest BCUT2D eigenvalue weighted by Gasteiger charge is -2.40. The van der Waals surface area contributed by atoms with E-state index < -0.39 is 67.3 Å². The second kappa shape index (κ2) is 49.7. The molecule has 0 amide bonds. The van der Waals surface area contributed by atoms with E-state index in [1.54, 1.807) is 12.2 Å². The molecule has 1 fully saturated rings. The highest BCUT2D eigenvalue weighted by atomic mass is 16.7. The van der Waals surface area contributed by atoms with Crippen molar-refractivity contribution in [3.63, 3.8) is 0 Å². The molecule has 1 saturated heterocycles. The van der Waals surface area contributed by atoms with Gasteiger partial charge in [-0.15, -0.1) is 0 Å². The Kier molecular flexibility index (Phi) is 45.0. The standard InChI is InChI=1S/C63H96O12/c1-4-7-10-13-16-19-22-25-27-28-30-32-34-37-40-43-46-49-55(64)71-52-54(73-56(65)50-47-44-41-38-35-31-24-21-18-15-12-9-6-3)53-72-63-61(59(68)58(67)60(75-63)62(69)70)74-57(66)51-48-45-42-39-36-33-29-26-23-20-17-14-11-8-5-2/h8-9,11-12,16-21,25-27,29,31,35-36,39,41,44-45,48,54,58-61,63,67-68H,4-7,10,13-15,22-24,28,30,32-34,37-38,40,42-43,46-47,49-53H2,1-3H3,(H,69,70)/b11-8-,12-9-,19-16-,20-17-,21-18-,27-25-,29-26-,35-31-,39-36-,44-41-,48-45-. The molecule has 1 rings (SSSR count). The van der Waals surface area contributed by atoms with Crippen LogP contribution in [0.4, 0.5) is 0 Å². The number of allylic oxidation sites excluding steroid dienone is 21. The number of carboxylic acids is 1. The van der Waals surface area contributed by atoms with Crippen molar-refractivity contribution in [1.82, 2.24) is 0 Å². The summed E-state index contributed by atoms with van der Waals surface area (Å²) in [6.07, 6.45) is 57.6. The molecule has 1 heterocycles. The van der Waals surface area contributed by atoms with Crippen molar-refractivity contribution in [3.05, 3.63) is 134 Å². The summed E-state index contributed by atoms with van der Waals surface area (Å²) < 4.78 is 28.1. The van der Waals surface area contributed by atoms with Gasteiger partial charge >= 0.3 is 23.9 Å². The van der Waals surface area contributed by atoms with Gasteiger partial charge in [0.25, 0.3) is 0 Å². The number of hydrogen-bond donors (Lipinski definition) is 3. The predicted molar refractivity (Wildman–Crippen MR) is 303 cm³/mol. The second-order valence-corrected chi connectivity index (χ2v) is 18.5. The fraction of sp³-hybridized carbons (Fsp3) is 0.587. The van der Waals surface area contributed by atoms with E-state index in [1.165, 1.54) is 25.7 Å². The highest BCUT2D eigenvalue weighted by Crippen LogP contribution is 2.26. The van der Waals surface area contributed by atoms with Crippen LogP contribution in [0.2, 0.25) is 0 Å². The van der Waals surface area contributed by atoms with E-state index in [-0.39, 0.29) is 25.9 Å². The molecule has 0 aliphatic carbocycles. The number of carbonyl (C=O) groups is 4. The Hall–Kier alpha value is -5.14. The predicted octanol–water partition coefficient (Wildman–Crippen LogP) is 14.2. The van der Waals surface area contributed by atoms with Crippen LogP contribution < -0.4 is 0 Å². The van der Waals surface area contributed by atoms with Crippen LogP contribution >= 0.6 is 0 Å². The van der Waals surface area contributed by atoms with Crippen molar-refractivity contribution in [3.8, 4) is 0 Å². The van der Waals surface area contributed by atoms with Gasteiger partial charge < -0.3 is 39.0 Å². The Morgan fingerprint density at radius 3 is 1.40 bits per heavy atom. The summed E-state index contributed by atoms with van der Waals surface area (Å²) in [6.45, 7) is 5.59. The number of rotatable bonds is 45. The average Bonchev–Trinajstić information content (AvgIpc) is 3.39. The quantitative estimate of drug-likeness (QED) is 0.0228. The zero-order valence-corrected chi connectivity index (χ0v) is 46.0. The largest absolute Gasteiger partial charge is 0.479 e. The van der Waals surface area contributed by atoms with Crippen molar-refractivity contribution >= 4 is 23.9 Å². The van der Waals surface area contributed by atoms with E-state index in [1.807, 2.05) is 30.4 Å². The van der Waals surface area contributed by atoms with E-state index in [2.05, 4.69) is 112 Å². The lowest BCUT2D eigenvalue weighted by molar-refractivity contribution is -0.301. The Balaban J connectivity index is 2.80. The van der Waals surface area contributed by atoms with Crippen molar-refractivity contribution in [2.75, 3.05) is 13.2 Å². The third kappa shape index (κ3) is 39.9. The van der Waals surface area contributed by atoms with Crippen LogP contribution in [0.3, 0.4) is 0 Å². The molecule has 0 aromatic heterocycles. The van der Waals surface area contributed by atoms with E-state index in [0.717, 1.165) is 96.3 Å². The molecule has 12 heteroatoms. The lowest BCUT2D eigenvalue weighted by Crippen LogP contribution is -2.61. The summed E-state index contributed by atoms with van der Waals surface area (Å²) in [4.78, 5) is 50.9. The van der Waals surface area contributed by atoms with Gasteiger partial charge in [-0.2, -0.15) is 0 Å². The van der Waals surface area contributed by atoms with Gasteiger partial charge in [-0.3, -0.25) is 14.4 Å². The minimum Gasteiger partial charge on any atom is -0.479 e. The first-order valence-electron chi connectivity index (χ1n) is 28.2. The van der Waals surface area contributed by atoms with Crippen LogP contribution in [-0.4, -0.2) is 89.2 Å². The topological polar surface area (TPSA) is 175 Å². The molecule has 3 N–H and O–H groups in total. The zero-order valence-electron chi connectivity index (χ0n) is 46.0. The SMILES string of the molecule is CC/C=C\C/C=C\C/C=C\C/C=C\C/C=C\CC(=O)OC1C(OCC(COC(=O)CCCCCCCCC/C=C\C/C=C\CCCCC)OC(=O)CC/C=C\C/C=C\C/C=C\C/C=C\CC)OC(C(=O)O)C(O)C1O. The van der Waals surface area contributed by atoms with Crippen LogP contribution in [0, 0.1) is 0 Å². The van der Waals surface area contributed by atoms with Crippen LogP contribution in [0.5, 0.6) is 0 Å². The van der Waals surface area contributed by atoms with Gasteiger partial charge in [0.2, 0.25) is 0 Å². The second-order valence-electron chi connectivity index (χ2n) is 18.5. The summed E-state index contributed by atoms with van der Waals surface area (Å²) in [6, 6.07) is 0. The smallest absolute Gasteiger partial charge is 0.335 e. The number of aliphatic hydroxyl groups excluding tert-OH is 2. The number of esters is 3. The van der Waals surface area contributed by atoms with Crippen molar-refractivity contribution in [1.29, 1.82) is 0 Å². The summed E-state index contributed by atoms with van der Waals surface area (Å²) in [7, 11) is 0. The monoisotopic (exact) mass is 1040 g/mol. The fourth-order valence-electron chi connectivity index (χ4n) is 7.48. The first kappa shape index (κ1) is 67.9. The highest BCUT2D eigenvalue weighted by Gasteiger charge is 2.50. The van der Waals surface area contributed by atoms with Crippen molar-refractivity contribution in [2.45, 2.75) is 225 Å². The number of aliphatic carboxylic acids is 1. The van der Waals surface area contributed by atoms with E-state index in [4.69, 9.17) is 23.7 Å². The minimum atomic E-state index is -1.95. The number of ether oxygens (including phenoxy) is 5. The number of aliphatic hydroxyl groups is 2. The third-order valence-corrected chi connectivity index (χ3v) is 11.7. The molecular weight excluding hydrogens is 949 g/mol. The number of carboxylic acid groups (broad SMARTS) is 1. The summed E-state index contributed by atoms with van der Waals surface area (Å²) in [5, 5.41) is 31.4. The Bertz CT molecular complexity index is 1810. The molecule has 0 spiro atoms. The van der Waals surface area contributed by atoms with E-state index >= 15 is 0 Å². The highest BCUT2D eigenvalue weighted by molar-refractivity contribution is 5.74. The lowest BCUT2D eigenvalue weighted by atomic mass is 9.98. The number of carbonyl (C=O) groups excluding carboxylic acids is 3. The van der Waals surface area contributed by atoms with Gasteiger partial charge in [0.15, 0.2) is 24.6 Å². The summed E-state index contributed by atoms with van der Waals surface area (Å²) >= 11 is 0. The molecule has 420 valence electrons. The first-order valence-corrected chi connectivity index (χ1v) is 28.2. The molecule has 6 unspecified atom stereocenters. The van der Waals surface area contributed by atoms with Gasteiger partial charge in [0.05, 0.1) is 13.0 Å². The Labute approximate surface area is 451 Å². The maximum atomic E-state index is 13.1. The molecular formula is C63H96O12. The molecule has 0 radical (unpaired) electrons. The van der Waals surface area contributed by atoms with Gasteiger partial charge in [-0.05, 0) is 103 Å². The van der Waals surface area contributed by atoms with E-state index in [9.17, 15) is 34.5 Å². The minimum absolute atomic E-state index is 0.0220. The number of hydrogen-bond acceptors (Lipinski definition) is 11. The Morgan fingerprint density at radius 1 is 0.467 bits per heavy atom. The molecule has 1 aliphatic heterocycles. The summed E-state index contributed by atoms with van der Waals surface area (Å²) in [5.74, 6) is -3.43. The van der Waals surface area contributed by atoms with Gasteiger partial charge in [0, 0.05) is 12.8 Å². The Morgan fingerprint density at radius 2 is 0.907 bits per heavy atom. The average molecular weight is 1050 g/mol. The first-order chi connectivity index (χ1) is 36.6. The zero-order chi connectivity index (χ0) is 54.7. The molecule has 0 bridgehead atoms. The molecule has 75 heavy (non-hydrogen) atoms. The molecule has 6 atom stereocenters. The molecule has 1 aliphatic rings. The molecule has 0 aromatic carbocycles. The fourth-order valence-corrected chi connectivity index (χ4v) is 7.48. The number of unbranched alkanes of at least 4 members (excludes halogenated alkanes) is 10. The van der Waals surface area contributed by atoms with Crippen molar-refractivity contribution < 1.29 is 58.2 Å². The molecule has 0 aromatic rings. The maximum Gasteiger partial charge on any atom is 0.335 e. The van der Waals surface area contributed by atoms with Crippen molar-refractivity contribution in [2.24, 2.45) is 0 Å². The molecule has 12 nitrogen and oxygen atoms in total. The van der Waals surface area contributed by atoms with Crippen LogP contribution in [0.15, 0.2) is 134 Å². The van der Waals surface area contributed by atoms with Crippen LogP contribution in [0.25, 0.3) is 0 Å². The van der Waals surface area contributed by atoms with Gasteiger partial charge in [-0.25, -0.2) is 4.79 Å².